The average Bonchev–Trinajstić information content (AvgIpc) is 3.47. The lowest BCUT2D eigenvalue weighted by Crippen LogP contribution is -2.51. The molecule has 1 atom stereocenters. The molecule has 5 nitrogen and oxygen atoms in total. The maximum atomic E-state index is 13.8. The van der Waals surface area contributed by atoms with E-state index in [-0.39, 0.29) is 10.8 Å². The molecule has 6 heteroatoms. The summed E-state index contributed by atoms with van der Waals surface area (Å²) in [4.78, 5) is 13.8. The molecule has 0 saturated carbocycles. The molecule has 1 spiro atoms. The van der Waals surface area contributed by atoms with Crippen molar-refractivity contribution in [2.24, 2.45) is 5.41 Å². The molecule has 0 bridgehead atoms. The molecule has 1 fully saturated rings. The van der Waals surface area contributed by atoms with Crippen LogP contribution in [-0.4, -0.2) is 44.3 Å². The first-order valence-corrected chi connectivity index (χ1v) is 16.5. The summed E-state index contributed by atoms with van der Waals surface area (Å²) in [5.74, 6) is -0.809. The summed E-state index contributed by atoms with van der Waals surface area (Å²) in [6.45, 7) is 19.9. The normalized spacial score (nSPS) is 22.5. The van der Waals surface area contributed by atoms with Crippen molar-refractivity contribution < 1.29 is 18.7 Å². The first-order chi connectivity index (χ1) is 16.9. The van der Waals surface area contributed by atoms with E-state index in [1.807, 2.05) is 13.8 Å². The zero-order chi connectivity index (χ0) is 26.4. The molecule has 1 aromatic carbocycles. The van der Waals surface area contributed by atoms with Gasteiger partial charge in [0.25, 0.3) is 0 Å². The summed E-state index contributed by atoms with van der Waals surface area (Å²) in [6, 6.07) is 8.49. The zero-order valence-corrected chi connectivity index (χ0v) is 24.6. The summed E-state index contributed by atoms with van der Waals surface area (Å²) >= 11 is 0. The molecule has 4 rings (SSSR count). The molecule has 0 radical (unpaired) electrons. The maximum Gasteiger partial charge on any atom is 0.206 e. The third kappa shape index (κ3) is 4.44. The fourth-order valence-corrected chi connectivity index (χ4v) is 6.74. The van der Waals surface area contributed by atoms with Crippen LogP contribution in [0.15, 0.2) is 41.6 Å². The van der Waals surface area contributed by atoms with Crippen molar-refractivity contribution in [3.63, 3.8) is 0 Å². The number of hydrogen-bond acceptors (Lipinski definition) is 4. The number of benzene rings is 1. The van der Waals surface area contributed by atoms with Gasteiger partial charge in [0.15, 0.2) is 14.1 Å². The Bertz CT molecular complexity index is 1150. The number of hydrogen-bond donors (Lipinski definition) is 0. The van der Waals surface area contributed by atoms with Gasteiger partial charge in [0.05, 0.1) is 13.2 Å². The molecule has 0 unspecified atom stereocenters. The fraction of sp³-hybridized carbons (Fsp3) is 0.633. The standard InChI is InChI=1S/C30H45NO4Si/c1-9-10-14-25-22(2)27(32)29(6,30(25)33-18-19-34-30)21-31-20-23(24-13-11-12-15-26(24)31)16-17-35-36(7,8)28(3,4)5/h11-13,15,20H,9-10,14,16-19,21H2,1-8H3/t29-/m0/s1. The van der Waals surface area contributed by atoms with Crippen LogP contribution in [0.1, 0.15) is 66.4 Å². The minimum atomic E-state index is -1.81. The summed E-state index contributed by atoms with van der Waals surface area (Å²) in [7, 11) is -1.81. The van der Waals surface area contributed by atoms with Gasteiger partial charge < -0.3 is 18.5 Å². The van der Waals surface area contributed by atoms with E-state index in [1.165, 1.54) is 10.9 Å². The van der Waals surface area contributed by atoms with Crippen molar-refractivity contribution in [1.29, 1.82) is 0 Å². The van der Waals surface area contributed by atoms with E-state index in [1.54, 1.807) is 0 Å². The molecule has 0 amide bonds. The summed E-state index contributed by atoms with van der Waals surface area (Å²) in [5.41, 5.74) is 3.47. The second-order valence-electron chi connectivity index (χ2n) is 12.3. The van der Waals surface area contributed by atoms with Crippen molar-refractivity contribution in [2.45, 2.75) is 97.7 Å². The van der Waals surface area contributed by atoms with Crippen LogP contribution < -0.4 is 0 Å². The monoisotopic (exact) mass is 511 g/mol. The molecular weight excluding hydrogens is 466 g/mol. The Labute approximate surface area is 218 Å². The second-order valence-corrected chi connectivity index (χ2v) is 17.1. The molecule has 1 aliphatic heterocycles. The first-order valence-electron chi connectivity index (χ1n) is 13.6. The Balaban J connectivity index is 1.65. The number of carbonyl (C=O) groups is 1. The van der Waals surface area contributed by atoms with E-state index in [0.717, 1.165) is 42.3 Å². The van der Waals surface area contributed by atoms with Crippen molar-refractivity contribution >= 4 is 25.0 Å². The van der Waals surface area contributed by atoms with Crippen LogP contribution in [0.5, 0.6) is 0 Å². The minimum absolute atomic E-state index is 0.149. The Morgan fingerprint density at radius 2 is 1.78 bits per heavy atom. The molecular formula is C30H45NO4Si. The Morgan fingerprint density at radius 3 is 2.42 bits per heavy atom. The largest absolute Gasteiger partial charge is 0.416 e. The van der Waals surface area contributed by atoms with Crippen molar-refractivity contribution in [1.82, 2.24) is 4.57 Å². The Morgan fingerprint density at radius 1 is 1.11 bits per heavy atom. The van der Waals surface area contributed by atoms with Gasteiger partial charge in [-0.05, 0) is 74.0 Å². The molecule has 2 heterocycles. The number of allylic oxidation sites excluding steroid dienone is 1. The number of para-hydroxylation sites is 1. The van der Waals surface area contributed by atoms with Gasteiger partial charge in [-0.1, -0.05) is 52.3 Å². The van der Waals surface area contributed by atoms with Crippen molar-refractivity contribution in [3.8, 4) is 0 Å². The van der Waals surface area contributed by atoms with Gasteiger partial charge in [-0.15, -0.1) is 0 Å². The summed E-state index contributed by atoms with van der Waals surface area (Å²) < 4.78 is 21.5. The first kappa shape index (κ1) is 27.3. The van der Waals surface area contributed by atoms with Gasteiger partial charge in [-0.25, -0.2) is 0 Å². The van der Waals surface area contributed by atoms with E-state index >= 15 is 0 Å². The average molecular weight is 512 g/mol. The zero-order valence-electron chi connectivity index (χ0n) is 23.6. The second kappa shape index (κ2) is 9.86. The predicted molar refractivity (Wildman–Crippen MR) is 149 cm³/mol. The topological polar surface area (TPSA) is 49.7 Å². The van der Waals surface area contributed by atoms with Gasteiger partial charge in [0, 0.05) is 30.3 Å². The van der Waals surface area contributed by atoms with Gasteiger partial charge in [-0.3, -0.25) is 4.79 Å². The van der Waals surface area contributed by atoms with E-state index < -0.39 is 19.5 Å². The minimum Gasteiger partial charge on any atom is -0.416 e. The van der Waals surface area contributed by atoms with Crippen LogP contribution in [0.3, 0.4) is 0 Å². The summed E-state index contributed by atoms with van der Waals surface area (Å²) in [5, 5.41) is 1.41. The lowest BCUT2D eigenvalue weighted by Gasteiger charge is -2.40. The quantitative estimate of drug-likeness (QED) is 0.339. The van der Waals surface area contributed by atoms with Crippen LogP contribution in [0.2, 0.25) is 18.1 Å². The summed E-state index contributed by atoms with van der Waals surface area (Å²) in [6.07, 6.45) is 6.00. The number of fused-ring (bicyclic) bond motifs is 1. The molecule has 198 valence electrons. The molecule has 1 aliphatic carbocycles. The molecule has 2 aromatic rings. The van der Waals surface area contributed by atoms with Gasteiger partial charge in [-0.2, -0.15) is 0 Å². The molecule has 1 aromatic heterocycles. The highest BCUT2D eigenvalue weighted by atomic mass is 28.4. The van der Waals surface area contributed by atoms with Crippen LogP contribution in [0.4, 0.5) is 0 Å². The lowest BCUT2D eigenvalue weighted by atomic mass is 9.78. The fourth-order valence-electron chi connectivity index (χ4n) is 5.69. The van der Waals surface area contributed by atoms with Gasteiger partial charge >= 0.3 is 0 Å². The maximum absolute atomic E-state index is 13.8. The lowest BCUT2D eigenvalue weighted by molar-refractivity contribution is -0.200. The third-order valence-electron chi connectivity index (χ3n) is 8.89. The number of rotatable bonds is 9. The van der Waals surface area contributed by atoms with E-state index in [9.17, 15) is 4.79 Å². The predicted octanol–water partition coefficient (Wildman–Crippen LogP) is 7.04. The van der Waals surface area contributed by atoms with E-state index in [0.29, 0.717) is 26.4 Å². The third-order valence-corrected chi connectivity index (χ3v) is 13.4. The number of aromatic nitrogens is 1. The highest BCUT2D eigenvalue weighted by Gasteiger charge is 2.64. The van der Waals surface area contributed by atoms with Crippen LogP contribution in [0.25, 0.3) is 10.9 Å². The molecule has 1 saturated heterocycles. The Hall–Kier alpha value is -1.73. The number of unbranched alkanes of at least 4 members (excludes halogenated alkanes) is 1. The van der Waals surface area contributed by atoms with E-state index in [4.69, 9.17) is 13.9 Å². The SMILES string of the molecule is CCCCC1=C(C)C(=O)[C@](C)(Cn2cc(CCO[Si](C)(C)C(C)(C)C)c3ccccc32)C12OCCO2. The molecule has 36 heavy (non-hydrogen) atoms. The Kier molecular flexibility index (Phi) is 7.48. The van der Waals surface area contributed by atoms with Crippen LogP contribution in [0, 0.1) is 5.41 Å². The van der Waals surface area contributed by atoms with E-state index in [2.05, 4.69) is 75.8 Å². The van der Waals surface area contributed by atoms with Crippen molar-refractivity contribution in [2.75, 3.05) is 19.8 Å². The van der Waals surface area contributed by atoms with Gasteiger partial charge in [0.2, 0.25) is 5.79 Å². The molecule has 0 N–H and O–H groups in total. The smallest absolute Gasteiger partial charge is 0.206 e. The number of ketones is 1. The number of nitrogens with zero attached hydrogens (tertiary/aromatic N) is 1. The number of carbonyl (C=O) groups excluding carboxylic acids is 1. The number of Topliss-reactive ketones (excluding diaryl/α,β-unsaturated/α-hetero) is 1. The van der Waals surface area contributed by atoms with Crippen LogP contribution in [-0.2, 0) is 31.7 Å². The van der Waals surface area contributed by atoms with Gasteiger partial charge in [0.1, 0.15) is 5.41 Å². The highest BCUT2D eigenvalue weighted by Crippen LogP contribution is 2.54. The highest BCUT2D eigenvalue weighted by molar-refractivity contribution is 6.74. The number of ether oxygens (including phenoxy) is 2. The van der Waals surface area contributed by atoms with Crippen molar-refractivity contribution in [3.05, 3.63) is 47.2 Å². The van der Waals surface area contributed by atoms with Crippen LogP contribution >= 0.6 is 0 Å². The molecule has 2 aliphatic rings.